The van der Waals surface area contributed by atoms with Crippen LogP contribution in [0.15, 0.2) is 0 Å². The minimum Gasteiger partial charge on any atom is -0.342 e. The number of carbonyl (C=O) groups excluding carboxylic acids is 1. The second-order valence-electron chi connectivity index (χ2n) is 5.44. The molecule has 0 bridgehead atoms. The van der Waals surface area contributed by atoms with Crippen molar-refractivity contribution in [1.29, 1.82) is 0 Å². The summed E-state index contributed by atoms with van der Waals surface area (Å²) in [6.45, 7) is 8.20. The predicted octanol–water partition coefficient (Wildman–Crippen LogP) is 1.24. The molecule has 2 aliphatic rings. The van der Waals surface area contributed by atoms with Gasteiger partial charge in [-0.05, 0) is 25.8 Å². The summed E-state index contributed by atoms with van der Waals surface area (Å²) in [6.07, 6.45) is 3.75. The molecule has 0 radical (unpaired) electrons. The number of piperidine rings is 1. The molecule has 2 aliphatic heterocycles. The van der Waals surface area contributed by atoms with Gasteiger partial charge < -0.3 is 10.2 Å². The first-order chi connectivity index (χ1) is 7.13. The van der Waals surface area contributed by atoms with Crippen LogP contribution in [0.3, 0.4) is 0 Å². The molecule has 2 saturated heterocycles. The van der Waals surface area contributed by atoms with Crippen molar-refractivity contribution in [2.45, 2.75) is 33.1 Å². The van der Waals surface area contributed by atoms with Gasteiger partial charge in [0.1, 0.15) is 0 Å². The molecule has 2 rings (SSSR count). The Balaban J connectivity index is 1.96. The highest BCUT2D eigenvalue weighted by Gasteiger charge is 2.40. The number of rotatable bonds is 1. The lowest BCUT2D eigenvalue weighted by Gasteiger charge is -2.34. The van der Waals surface area contributed by atoms with Crippen LogP contribution in [0.25, 0.3) is 0 Å². The van der Waals surface area contributed by atoms with E-state index in [9.17, 15) is 4.79 Å². The van der Waals surface area contributed by atoms with E-state index in [1.807, 2.05) is 13.8 Å². The van der Waals surface area contributed by atoms with Crippen LogP contribution in [0.2, 0.25) is 0 Å². The Hall–Kier alpha value is -0.570. The number of hydrogen-bond donors (Lipinski definition) is 1. The standard InChI is InChI=1S/C12H22N2O/c1-10(2)11(15)14-7-5-12(9-14)4-3-6-13-8-12/h10,13H,3-9H2,1-2H3. The van der Waals surface area contributed by atoms with Crippen molar-refractivity contribution >= 4 is 5.91 Å². The maximum Gasteiger partial charge on any atom is 0.225 e. The highest BCUT2D eigenvalue weighted by Crippen LogP contribution is 2.36. The van der Waals surface area contributed by atoms with Gasteiger partial charge in [-0.15, -0.1) is 0 Å². The van der Waals surface area contributed by atoms with Crippen LogP contribution in [0.4, 0.5) is 0 Å². The van der Waals surface area contributed by atoms with E-state index >= 15 is 0 Å². The van der Waals surface area contributed by atoms with Gasteiger partial charge in [0.05, 0.1) is 0 Å². The molecule has 0 aromatic rings. The fraction of sp³-hybridized carbons (Fsp3) is 0.917. The van der Waals surface area contributed by atoms with Crippen LogP contribution >= 0.6 is 0 Å². The molecule has 1 N–H and O–H groups in total. The molecular formula is C12H22N2O. The zero-order chi connectivity index (χ0) is 10.9. The van der Waals surface area contributed by atoms with Gasteiger partial charge in [0.2, 0.25) is 5.91 Å². The number of likely N-dealkylation sites (tertiary alicyclic amines) is 1. The minimum absolute atomic E-state index is 0.150. The summed E-state index contributed by atoms with van der Waals surface area (Å²) in [6, 6.07) is 0. The Bertz CT molecular complexity index is 244. The van der Waals surface area contributed by atoms with E-state index in [2.05, 4.69) is 10.2 Å². The number of hydrogen-bond acceptors (Lipinski definition) is 2. The van der Waals surface area contributed by atoms with Gasteiger partial charge in [-0.2, -0.15) is 0 Å². The monoisotopic (exact) mass is 210 g/mol. The summed E-state index contributed by atoms with van der Waals surface area (Å²) in [5.74, 6) is 0.481. The highest BCUT2D eigenvalue weighted by atomic mass is 16.2. The molecule has 1 spiro atoms. The van der Waals surface area contributed by atoms with E-state index in [0.29, 0.717) is 11.3 Å². The average molecular weight is 210 g/mol. The second kappa shape index (κ2) is 4.12. The normalized spacial score (nSPS) is 31.5. The lowest BCUT2D eigenvalue weighted by molar-refractivity contribution is -0.133. The number of amides is 1. The minimum atomic E-state index is 0.150. The predicted molar refractivity (Wildman–Crippen MR) is 60.6 cm³/mol. The lowest BCUT2D eigenvalue weighted by Crippen LogP contribution is -2.43. The van der Waals surface area contributed by atoms with Crippen LogP contribution in [-0.4, -0.2) is 37.0 Å². The van der Waals surface area contributed by atoms with Gasteiger partial charge in [-0.3, -0.25) is 4.79 Å². The Morgan fingerprint density at radius 3 is 2.80 bits per heavy atom. The first-order valence-corrected chi connectivity index (χ1v) is 6.12. The van der Waals surface area contributed by atoms with Crippen molar-refractivity contribution in [1.82, 2.24) is 10.2 Å². The number of nitrogens with zero attached hydrogens (tertiary/aromatic N) is 1. The Morgan fingerprint density at radius 1 is 1.40 bits per heavy atom. The molecule has 2 fully saturated rings. The van der Waals surface area contributed by atoms with Crippen LogP contribution in [0, 0.1) is 11.3 Å². The van der Waals surface area contributed by atoms with E-state index in [1.165, 1.54) is 19.3 Å². The largest absolute Gasteiger partial charge is 0.342 e. The van der Waals surface area contributed by atoms with Gasteiger partial charge in [0.15, 0.2) is 0 Å². The van der Waals surface area contributed by atoms with Crippen molar-refractivity contribution in [2.75, 3.05) is 26.2 Å². The summed E-state index contributed by atoms with van der Waals surface area (Å²) < 4.78 is 0. The molecule has 2 heterocycles. The van der Waals surface area contributed by atoms with E-state index in [4.69, 9.17) is 0 Å². The quantitative estimate of drug-likeness (QED) is 0.706. The fourth-order valence-electron chi connectivity index (χ4n) is 2.87. The summed E-state index contributed by atoms with van der Waals surface area (Å²) in [5, 5.41) is 3.47. The smallest absolute Gasteiger partial charge is 0.225 e. The van der Waals surface area contributed by atoms with Crippen LogP contribution in [0.5, 0.6) is 0 Å². The third-order valence-corrected chi connectivity index (χ3v) is 3.80. The average Bonchev–Trinajstić information content (AvgIpc) is 2.62. The third kappa shape index (κ3) is 2.17. The summed E-state index contributed by atoms with van der Waals surface area (Å²) in [7, 11) is 0. The zero-order valence-corrected chi connectivity index (χ0v) is 9.88. The van der Waals surface area contributed by atoms with Gasteiger partial charge in [-0.25, -0.2) is 0 Å². The van der Waals surface area contributed by atoms with Crippen molar-refractivity contribution in [3.63, 3.8) is 0 Å². The molecule has 0 saturated carbocycles. The molecule has 1 amide bonds. The molecule has 15 heavy (non-hydrogen) atoms. The van der Waals surface area contributed by atoms with E-state index in [0.717, 1.165) is 26.2 Å². The summed E-state index contributed by atoms with van der Waals surface area (Å²) >= 11 is 0. The van der Waals surface area contributed by atoms with Crippen molar-refractivity contribution in [3.05, 3.63) is 0 Å². The molecule has 3 heteroatoms. The van der Waals surface area contributed by atoms with E-state index < -0.39 is 0 Å². The zero-order valence-electron chi connectivity index (χ0n) is 9.88. The van der Waals surface area contributed by atoms with Crippen LogP contribution < -0.4 is 5.32 Å². The first-order valence-electron chi connectivity index (χ1n) is 6.12. The maximum atomic E-state index is 11.9. The van der Waals surface area contributed by atoms with E-state index in [1.54, 1.807) is 0 Å². The second-order valence-corrected chi connectivity index (χ2v) is 5.44. The molecule has 0 aromatic heterocycles. The molecule has 1 atom stereocenters. The topological polar surface area (TPSA) is 32.3 Å². The summed E-state index contributed by atoms with van der Waals surface area (Å²) in [5.41, 5.74) is 0.406. The van der Waals surface area contributed by atoms with Gasteiger partial charge >= 0.3 is 0 Å². The molecule has 3 nitrogen and oxygen atoms in total. The molecule has 0 aliphatic carbocycles. The van der Waals surface area contributed by atoms with Crippen LogP contribution in [0.1, 0.15) is 33.1 Å². The highest BCUT2D eigenvalue weighted by molar-refractivity contribution is 5.78. The maximum absolute atomic E-state index is 11.9. The van der Waals surface area contributed by atoms with Gasteiger partial charge in [0.25, 0.3) is 0 Å². The Labute approximate surface area is 92.2 Å². The molecule has 1 unspecified atom stereocenters. The molecule has 86 valence electrons. The number of nitrogens with one attached hydrogen (secondary N) is 1. The van der Waals surface area contributed by atoms with Crippen molar-refractivity contribution < 1.29 is 4.79 Å². The van der Waals surface area contributed by atoms with E-state index in [-0.39, 0.29) is 5.92 Å². The van der Waals surface area contributed by atoms with Gasteiger partial charge in [0, 0.05) is 31.0 Å². The SMILES string of the molecule is CC(C)C(=O)N1CCC2(CCCNC2)C1. The third-order valence-electron chi connectivity index (χ3n) is 3.80. The Morgan fingerprint density at radius 2 is 2.20 bits per heavy atom. The molecular weight excluding hydrogens is 188 g/mol. The van der Waals surface area contributed by atoms with Crippen molar-refractivity contribution in [3.8, 4) is 0 Å². The lowest BCUT2D eigenvalue weighted by atomic mass is 9.80. The fourth-order valence-corrected chi connectivity index (χ4v) is 2.87. The van der Waals surface area contributed by atoms with Crippen molar-refractivity contribution in [2.24, 2.45) is 11.3 Å². The Kier molecular flexibility index (Phi) is 3.01. The first kappa shape index (κ1) is 10.9. The molecule has 0 aromatic carbocycles. The summed E-state index contributed by atoms with van der Waals surface area (Å²) in [4.78, 5) is 13.9. The van der Waals surface area contributed by atoms with Gasteiger partial charge in [-0.1, -0.05) is 13.8 Å². The van der Waals surface area contributed by atoms with Crippen LogP contribution in [-0.2, 0) is 4.79 Å². The number of carbonyl (C=O) groups is 1.